The number of hydrogen-bond donors (Lipinski definition) is 0. The minimum atomic E-state index is 0.292. The van der Waals surface area contributed by atoms with Crippen LogP contribution < -0.4 is 9.80 Å². The molecule has 4 nitrogen and oxygen atoms in total. The number of nitrogens with zero attached hydrogens (tertiary/aromatic N) is 4. The van der Waals surface area contributed by atoms with Crippen molar-refractivity contribution >= 4 is 56.4 Å². The first-order chi connectivity index (χ1) is 10.4. The van der Waals surface area contributed by atoms with Crippen LogP contribution in [0.1, 0.15) is 0 Å². The Morgan fingerprint density at radius 1 is 1.00 bits per heavy atom. The zero-order valence-electron chi connectivity index (χ0n) is 12.9. The molecular weight excluding hydrogens is 319 g/mol. The quantitative estimate of drug-likeness (QED) is 0.518. The molecule has 0 aliphatic heterocycles. The summed E-state index contributed by atoms with van der Waals surface area (Å²) in [6, 6.07) is 6.04. The smallest absolute Gasteiger partial charge is 0.150 e. The minimum absolute atomic E-state index is 0.292. The molecule has 22 heavy (non-hydrogen) atoms. The maximum Gasteiger partial charge on any atom is 0.150 e. The van der Waals surface area contributed by atoms with Crippen molar-refractivity contribution in [2.75, 3.05) is 38.0 Å². The number of halogens is 2. The van der Waals surface area contributed by atoms with Gasteiger partial charge in [0, 0.05) is 45.5 Å². The van der Waals surface area contributed by atoms with Crippen molar-refractivity contribution in [3.8, 4) is 0 Å². The van der Waals surface area contributed by atoms with E-state index in [0.717, 1.165) is 33.2 Å². The van der Waals surface area contributed by atoms with Crippen LogP contribution in [0.2, 0.25) is 10.2 Å². The van der Waals surface area contributed by atoms with E-state index in [4.69, 9.17) is 23.2 Å². The second kappa shape index (κ2) is 5.45. The fourth-order valence-corrected chi connectivity index (χ4v) is 3.14. The van der Waals surface area contributed by atoms with Gasteiger partial charge in [0.1, 0.15) is 10.5 Å². The van der Waals surface area contributed by atoms with Crippen molar-refractivity contribution in [3.05, 3.63) is 34.6 Å². The molecule has 0 bridgehead atoms. The summed E-state index contributed by atoms with van der Waals surface area (Å²) < 4.78 is 0. The molecule has 0 atom stereocenters. The standard InChI is InChI=1S/C16H16Cl2N4/c1-21(2)10-8-9-6-5-7-19-13(9)14-11(10)15(22(3)4)12(17)16(18)20-14/h5-8H,1-4H3. The Morgan fingerprint density at radius 2 is 1.73 bits per heavy atom. The molecule has 0 fully saturated rings. The van der Waals surface area contributed by atoms with Crippen LogP contribution in [-0.2, 0) is 0 Å². The Bertz CT molecular complexity index is 875. The van der Waals surface area contributed by atoms with Crippen LogP contribution in [0.3, 0.4) is 0 Å². The molecule has 0 aliphatic rings. The van der Waals surface area contributed by atoms with Gasteiger partial charge in [0.05, 0.1) is 16.6 Å². The van der Waals surface area contributed by atoms with Crippen molar-refractivity contribution in [1.29, 1.82) is 0 Å². The van der Waals surface area contributed by atoms with Crippen LogP contribution >= 0.6 is 23.2 Å². The minimum Gasteiger partial charge on any atom is -0.377 e. The van der Waals surface area contributed by atoms with E-state index in [1.165, 1.54) is 0 Å². The fourth-order valence-electron chi connectivity index (χ4n) is 2.66. The van der Waals surface area contributed by atoms with Crippen molar-refractivity contribution < 1.29 is 0 Å². The van der Waals surface area contributed by atoms with E-state index in [2.05, 4.69) is 16.0 Å². The predicted molar refractivity (Wildman–Crippen MR) is 95.7 cm³/mol. The number of rotatable bonds is 2. The van der Waals surface area contributed by atoms with E-state index in [-0.39, 0.29) is 0 Å². The molecule has 114 valence electrons. The SMILES string of the molecule is CN(C)c1cc2cccnc2c2nc(Cl)c(Cl)c(N(C)C)c12. The zero-order chi connectivity index (χ0) is 16.0. The Morgan fingerprint density at radius 3 is 2.36 bits per heavy atom. The summed E-state index contributed by atoms with van der Waals surface area (Å²) in [5.74, 6) is 0. The van der Waals surface area contributed by atoms with Crippen LogP contribution in [0.15, 0.2) is 24.4 Å². The van der Waals surface area contributed by atoms with E-state index in [9.17, 15) is 0 Å². The first-order valence-electron chi connectivity index (χ1n) is 6.83. The second-order valence-corrected chi connectivity index (χ2v) is 6.28. The van der Waals surface area contributed by atoms with Gasteiger partial charge in [-0.25, -0.2) is 4.98 Å². The molecule has 2 aromatic heterocycles. The third-order valence-electron chi connectivity index (χ3n) is 3.61. The average Bonchev–Trinajstić information content (AvgIpc) is 2.47. The van der Waals surface area contributed by atoms with Crippen LogP contribution in [0, 0.1) is 0 Å². The van der Waals surface area contributed by atoms with Gasteiger partial charge < -0.3 is 9.80 Å². The predicted octanol–water partition coefficient (Wildman–Crippen LogP) is 4.22. The summed E-state index contributed by atoms with van der Waals surface area (Å²) in [6.07, 6.45) is 1.76. The maximum absolute atomic E-state index is 6.42. The second-order valence-electron chi connectivity index (χ2n) is 5.55. The highest BCUT2D eigenvalue weighted by atomic mass is 35.5. The van der Waals surface area contributed by atoms with Gasteiger partial charge in [0.25, 0.3) is 0 Å². The van der Waals surface area contributed by atoms with Crippen molar-refractivity contribution in [3.63, 3.8) is 0 Å². The molecule has 0 saturated carbocycles. The molecule has 0 spiro atoms. The van der Waals surface area contributed by atoms with E-state index < -0.39 is 0 Å². The number of hydrogen-bond acceptors (Lipinski definition) is 4. The van der Waals surface area contributed by atoms with Crippen molar-refractivity contribution in [2.45, 2.75) is 0 Å². The van der Waals surface area contributed by atoms with Gasteiger partial charge in [-0.05, 0) is 12.1 Å². The van der Waals surface area contributed by atoms with Crippen LogP contribution in [0.25, 0.3) is 21.8 Å². The van der Waals surface area contributed by atoms with Gasteiger partial charge in [-0.2, -0.15) is 0 Å². The molecule has 6 heteroatoms. The molecule has 1 aromatic carbocycles. The Hall–Kier alpha value is -1.78. The first-order valence-corrected chi connectivity index (χ1v) is 7.58. The molecule has 0 amide bonds. The van der Waals surface area contributed by atoms with Gasteiger partial charge in [0.15, 0.2) is 5.15 Å². The Kier molecular flexibility index (Phi) is 3.75. The normalized spacial score (nSPS) is 11.2. The lowest BCUT2D eigenvalue weighted by Gasteiger charge is -2.23. The molecular formula is C16H16Cl2N4. The summed E-state index contributed by atoms with van der Waals surface area (Å²) in [4.78, 5) is 13.0. The lowest BCUT2D eigenvalue weighted by atomic mass is 10.1. The van der Waals surface area contributed by atoms with E-state index in [1.807, 2.05) is 50.1 Å². The molecule has 0 saturated heterocycles. The fraction of sp³-hybridized carbons (Fsp3) is 0.250. The summed E-state index contributed by atoms with van der Waals surface area (Å²) in [6.45, 7) is 0. The average molecular weight is 335 g/mol. The Balaban J connectivity index is 2.63. The van der Waals surface area contributed by atoms with Gasteiger partial charge in [-0.15, -0.1) is 0 Å². The van der Waals surface area contributed by atoms with Gasteiger partial charge in [-0.3, -0.25) is 4.98 Å². The molecule has 0 aliphatic carbocycles. The van der Waals surface area contributed by atoms with Gasteiger partial charge in [0.2, 0.25) is 0 Å². The van der Waals surface area contributed by atoms with Crippen LogP contribution in [-0.4, -0.2) is 38.2 Å². The molecule has 0 unspecified atom stereocenters. The van der Waals surface area contributed by atoms with E-state index >= 15 is 0 Å². The van der Waals surface area contributed by atoms with Gasteiger partial charge in [-0.1, -0.05) is 29.3 Å². The summed E-state index contributed by atoms with van der Waals surface area (Å²) >= 11 is 12.7. The van der Waals surface area contributed by atoms with E-state index in [1.54, 1.807) is 6.20 Å². The van der Waals surface area contributed by atoms with Crippen LogP contribution in [0.5, 0.6) is 0 Å². The number of anilines is 2. The zero-order valence-corrected chi connectivity index (χ0v) is 14.4. The molecule has 0 N–H and O–H groups in total. The highest BCUT2D eigenvalue weighted by Crippen LogP contribution is 2.43. The number of benzene rings is 1. The topological polar surface area (TPSA) is 32.3 Å². The maximum atomic E-state index is 6.42. The number of pyridine rings is 2. The third kappa shape index (κ3) is 2.23. The number of fused-ring (bicyclic) bond motifs is 3. The first kappa shape index (κ1) is 15.1. The lowest BCUT2D eigenvalue weighted by Crippen LogP contribution is -2.14. The Labute approximate surface area is 139 Å². The molecule has 0 radical (unpaired) electrons. The highest BCUT2D eigenvalue weighted by Gasteiger charge is 2.20. The van der Waals surface area contributed by atoms with Crippen LogP contribution in [0.4, 0.5) is 11.4 Å². The summed E-state index contributed by atoms with van der Waals surface area (Å²) in [5.41, 5.74) is 3.47. The third-order valence-corrected chi connectivity index (χ3v) is 4.34. The molecule has 3 rings (SSSR count). The largest absolute Gasteiger partial charge is 0.377 e. The summed E-state index contributed by atoms with van der Waals surface area (Å²) in [7, 11) is 7.88. The highest BCUT2D eigenvalue weighted by molar-refractivity contribution is 6.44. The molecule has 3 aromatic rings. The molecule has 2 heterocycles. The monoisotopic (exact) mass is 334 g/mol. The summed E-state index contributed by atoms with van der Waals surface area (Å²) in [5, 5.41) is 2.73. The van der Waals surface area contributed by atoms with Gasteiger partial charge >= 0.3 is 0 Å². The van der Waals surface area contributed by atoms with Crippen molar-refractivity contribution in [1.82, 2.24) is 9.97 Å². The lowest BCUT2D eigenvalue weighted by molar-refractivity contribution is 1.12. The number of aromatic nitrogens is 2. The van der Waals surface area contributed by atoms with E-state index in [0.29, 0.717) is 10.2 Å². The van der Waals surface area contributed by atoms with Crippen molar-refractivity contribution in [2.24, 2.45) is 0 Å².